The van der Waals surface area contributed by atoms with Gasteiger partial charge in [0.25, 0.3) is 0 Å². The number of nitrogen functional groups attached to an aromatic ring is 1. The van der Waals surface area contributed by atoms with Gasteiger partial charge in [-0.1, -0.05) is 0 Å². The van der Waals surface area contributed by atoms with E-state index in [1.54, 1.807) is 18.2 Å². The van der Waals surface area contributed by atoms with Crippen molar-refractivity contribution in [2.45, 2.75) is 31.7 Å². The zero-order valence-corrected chi connectivity index (χ0v) is 13.6. The van der Waals surface area contributed by atoms with Crippen molar-refractivity contribution >= 4 is 33.2 Å². The van der Waals surface area contributed by atoms with E-state index < -0.39 is 0 Å². The van der Waals surface area contributed by atoms with Crippen molar-refractivity contribution < 1.29 is 9.90 Å². The summed E-state index contributed by atoms with van der Waals surface area (Å²) in [6, 6.07) is 5.75. The number of nitrogens with zero attached hydrogens (tertiary/aromatic N) is 1. The Labute approximate surface area is 133 Å². The molecule has 1 unspecified atom stereocenters. The van der Waals surface area contributed by atoms with Crippen molar-refractivity contribution in [2.24, 2.45) is 0 Å². The molecule has 0 aliphatic carbocycles. The van der Waals surface area contributed by atoms with Crippen LogP contribution in [0.25, 0.3) is 0 Å². The molecule has 0 saturated carbocycles. The number of benzene rings is 1. The molecule has 1 aliphatic heterocycles. The molecule has 21 heavy (non-hydrogen) atoms. The first-order chi connectivity index (χ1) is 10.1. The van der Waals surface area contributed by atoms with E-state index in [2.05, 4.69) is 26.1 Å². The first kappa shape index (κ1) is 16.3. The number of aliphatic hydroxyl groups excluding tert-OH is 1. The Kier molecular flexibility index (Phi) is 6.02. The molecule has 5 nitrogen and oxygen atoms in total. The van der Waals surface area contributed by atoms with E-state index in [1.165, 1.54) is 0 Å². The quantitative estimate of drug-likeness (QED) is 0.683. The first-order valence-corrected chi connectivity index (χ1v) is 8.09. The molecule has 1 aromatic rings. The number of anilines is 2. The minimum atomic E-state index is -0.0173. The fourth-order valence-electron chi connectivity index (χ4n) is 2.76. The summed E-state index contributed by atoms with van der Waals surface area (Å²) >= 11 is 3.40. The van der Waals surface area contributed by atoms with E-state index >= 15 is 0 Å². The molecule has 6 heteroatoms. The van der Waals surface area contributed by atoms with Crippen molar-refractivity contribution in [3.8, 4) is 0 Å². The smallest absolute Gasteiger partial charge is 0.238 e. The molecule has 1 heterocycles. The topological polar surface area (TPSA) is 78.6 Å². The maximum atomic E-state index is 12.2. The van der Waals surface area contributed by atoms with Gasteiger partial charge < -0.3 is 16.2 Å². The summed E-state index contributed by atoms with van der Waals surface area (Å²) in [5.41, 5.74) is 7.08. The van der Waals surface area contributed by atoms with Crippen molar-refractivity contribution in [2.75, 3.05) is 30.7 Å². The molecule has 2 rings (SSSR count). The highest BCUT2D eigenvalue weighted by atomic mass is 79.9. The number of aliphatic hydroxyl groups is 1. The summed E-state index contributed by atoms with van der Waals surface area (Å²) < 4.78 is 0.786. The number of carbonyl (C=O) groups is 1. The minimum absolute atomic E-state index is 0.0173. The van der Waals surface area contributed by atoms with Crippen molar-refractivity contribution in [1.29, 1.82) is 0 Å². The molecule has 4 N–H and O–H groups in total. The van der Waals surface area contributed by atoms with Gasteiger partial charge in [0, 0.05) is 22.8 Å². The first-order valence-electron chi connectivity index (χ1n) is 7.30. The Morgan fingerprint density at radius 3 is 3.05 bits per heavy atom. The number of halogens is 1. The van der Waals surface area contributed by atoms with E-state index in [1.807, 2.05) is 0 Å². The van der Waals surface area contributed by atoms with Crippen molar-refractivity contribution in [1.82, 2.24) is 4.90 Å². The van der Waals surface area contributed by atoms with Crippen LogP contribution in [-0.2, 0) is 4.79 Å². The number of hydrogen-bond donors (Lipinski definition) is 3. The fraction of sp³-hybridized carbons (Fsp3) is 0.533. The van der Waals surface area contributed by atoms with E-state index in [9.17, 15) is 4.79 Å². The number of rotatable bonds is 6. The summed E-state index contributed by atoms with van der Waals surface area (Å²) in [5, 5.41) is 11.8. The van der Waals surface area contributed by atoms with Crippen LogP contribution in [0.1, 0.15) is 25.7 Å². The molecule has 0 aromatic heterocycles. The highest BCUT2D eigenvalue weighted by molar-refractivity contribution is 9.10. The lowest BCUT2D eigenvalue weighted by Gasteiger charge is -2.23. The van der Waals surface area contributed by atoms with Crippen LogP contribution in [-0.4, -0.2) is 41.7 Å². The summed E-state index contributed by atoms with van der Waals surface area (Å²) in [5.74, 6) is -0.0173. The molecular weight excluding hydrogens is 334 g/mol. The standard InChI is InChI=1S/C15H22BrN3O2/c16-13-9-11(17)5-6-14(13)18-15(21)10-19-7-1-3-12(19)4-2-8-20/h5-6,9,12,20H,1-4,7-8,10,17H2,(H,18,21). The zero-order valence-electron chi connectivity index (χ0n) is 12.0. The van der Waals surface area contributed by atoms with Gasteiger partial charge in [0.2, 0.25) is 5.91 Å². The lowest BCUT2D eigenvalue weighted by molar-refractivity contribution is -0.117. The Morgan fingerprint density at radius 1 is 1.52 bits per heavy atom. The summed E-state index contributed by atoms with van der Waals surface area (Å²) in [6.45, 7) is 1.56. The van der Waals surface area contributed by atoms with E-state index in [0.717, 1.165) is 42.4 Å². The monoisotopic (exact) mass is 355 g/mol. The van der Waals surface area contributed by atoms with Gasteiger partial charge >= 0.3 is 0 Å². The second kappa shape index (κ2) is 7.77. The number of nitrogens with one attached hydrogen (secondary N) is 1. The molecule has 1 fully saturated rings. The van der Waals surface area contributed by atoms with Gasteiger partial charge in [-0.3, -0.25) is 9.69 Å². The average molecular weight is 356 g/mol. The molecule has 0 bridgehead atoms. The van der Waals surface area contributed by atoms with Crippen LogP contribution < -0.4 is 11.1 Å². The number of likely N-dealkylation sites (tertiary alicyclic amines) is 1. The average Bonchev–Trinajstić information content (AvgIpc) is 2.87. The lowest BCUT2D eigenvalue weighted by atomic mass is 10.1. The number of amides is 1. The third-order valence-corrected chi connectivity index (χ3v) is 4.46. The van der Waals surface area contributed by atoms with Gasteiger partial charge in [0.15, 0.2) is 0 Å². The van der Waals surface area contributed by atoms with Crippen LogP contribution in [0.2, 0.25) is 0 Å². The second-order valence-electron chi connectivity index (χ2n) is 5.42. The molecule has 0 spiro atoms. The molecule has 116 valence electrons. The maximum absolute atomic E-state index is 12.2. The van der Waals surface area contributed by atoms with Crippen molar-refractivity contribution in [3.05, 3.63) is 22.7 Å². The molecule has 1 aliphatic rings. The van der Waals surface area contributed by atoms with Gasteiger partial charge in [0.1, 0.15) is 0 Å². The Bertz CT molecular complexity index is 496. The van der Waals surface area contributed by atoms with Gasteiger partial charge in [-0.15, -0.1) is 0 Å². The van der Waals surface area contributed by atoms with Crippen LogP contribution in [0.5, 0.6) is 0 Å². The van der Waals surface area contributed by atoms with Crippen LogP contribution in [0.3, 0.4) is 0 Å². The number of carbonyl (C=O) groups excluding carboxylic acids is 1. The van der Waals surface area contributed by atoms with Crippen LogP contribution in [0, 0.1) is 0 Å². The van der Waals surface area contributed by atoms with Crippen molar-refractivity contribution in [3.63, 3.8) is 0 Å². The lowest BCUT2D eigenvalue weighted by Crippen LogP contribution is -2.37. The Balaban J connectivity index is 1.89. The summed E-state index contributed by atoms with van der Waals surface area (Å²) in [4.78, 5) is 14.4. The fourth-order valence-corrected chi connectivity index (χ4v) is 3.26. The normalized spacial score (nSPS) is 18.9. The summed E-state index contributed by atoms with van der Waals surface area (Å²) in [7, 11) is 0. The predicted molar refractivity (Wildman–Crippen MR) is 88.1 cm³/mol. The highest BCUT2D eigenvalue weighted by Gasteiger charge is 2.25. The molecule has 0 radical (unpaired) electrons. The third-order valence-electron chi connectivity index (χ3n) is 3.81. The van der Waals surface area contributed by atoms with Gasteiger partial charge in [-0.25, -0.2) is 0 Å². The van der Waals surface area contributed by atoms with Crippen LogP contribution in [0.4, 0.5) is 11.4 Å². The summed E-state index contributed by atoms with van der Waals surface area (Å²) in [6.07, 6.45) is 3.98. The van der Waals surface area contributed by atoms with Crippen LogP contribution >= 0.6 is 15.9 Å². The highest BCUT2D eigenvalue weighted by Crippen LogP contribution is 2.25. The zero-order chi connectivity index (χ0) is 15.2. The minimum Gasteiger partial charge on any atom is -0.399 e. The predicted octanol–water partition coefficient (Wildman–Crippen LogP) is 2.21. The maximum Gasteiger partial charge on any atom is 0.238 e. The van der Waals surface area contributed by atoms with Gasteiger partial charge in [-0.2, -0.15) is 0 Å². The SMILES string of the molecule is Nc1ccc(NC(=O)CN2CCCC2CCCO)c(Br)c1. The van der Waals surface area contributed by atoms with Crippen LogP contribution in [0.15, 0.2) is 22.7 Å². The molecular formula is C15H22BrN3O2. The Hall–Kier alpha value is -1.11. The van der Waals surface area contributed by atoms with E-state index in [0.29, 0.717) is 18.3 Å². The number of hydrogen-bond acceptors (Lipinski definition) is 4. The number of nitrogens with two attached hydrogens (primary N) is 1. The molecule has 1 atom stereocenters. The second-order valence-corrected chi connectivity index (χ2v) is 6.27. The third kappa shape index (κ3) is 4.69. The molecule has 1 aromatic carbocycles. The van der Waals surface area contributed by atoms with E-state index in [4.69, 9.17) is 10.8 Å². The molecule has 1 amide bonds. The van der Waals surface area contributed by atoms with E-state index in [-0.39, 0.29) is 12.5 Å². The van der Waals surface area contributed by atoms with Gasteiger partial charge in [0.05, 0.1) is 12.2 Å². The largest absolute Gasteiger partial charge is 0.399 e. The molecule has 1 saturated heterocycles. The Morgan fingerprint density at radius 2 is 2.33 bits per heavy atom. The van der Waals surface area contributed by atoms with Gasteiger partial charge in [-0.05, 0) is 66.4 Å².